The highest BCUT2D eigenvalue weighted by molar-refractivity contribution is 6.00. The van der Waals surface area contributed by atoms with Crippen LogP contribution in [0.2, 0.25) is 0 Å². The Labute approximate surface area is 200 Å². The second-order valence-electron chi connectivity index (χ2n) is 9.02. The number of nitrogens with zero attached hydrogens (tertiary/aromatic N) is 3. The number of benzene rings is 3. The Morgan fingerprint density at radius 2 is 1.53 bits per heavy atom. The van der Waals surface area contributed by atoms with Gasteiger partial charge in [-0.25, -0.2) is 4.68 Å². The molecule has 0 aliphatic carbocycles. The summed E-state index contributed by atoms with van der Waals surface area (Å²) in [6, 6.07) is 27.8. The van der Waals surface area contributed by atoms with Crippen molar-refractivity contribution in [3.8, 4) is 16.9 Å². The molecule has 0 radical (unpaired) electrons. The lowest BCUT2D eigenvalue weighted by Crippen LogP contribution is -2.39. The summed E-state index contributed by atoms with van der Waals surface area (Å²) in [6.07, 6.45) is 2.89. The predicted molar refractivity (Wildman–Crippen MR) is 134 cm³/mol. The quantitative estimate of drug-likeness (QED) is 0.440. The smallest absolute Gasteiger partial charge is 0.257 e. The van der Waals surface area contributed by atoms with Gasteiger partial charge in [-0.1, -0.05) is 78.4 Å². The van der Waals surface area contributed by atoms with Crippen molar-refractivity contribution in [3.05, 3.63) is 108 Å². The van der Waals surface area contributed by atoms with E-state index in [0.717, 1.165) is 29.7 Å². The number of aromatic nitrogens is 2. The first-order valence-electron chi connectivity index (χ1n) is 11.8. The van der Waals surface area contributed by atoms with E-state index in [1.807, 2.05) is 96.0 Å². The molecule has 4 aromatic rings. The van der Waals surface area contributed by atoms with E-state index in [1.54, 1.807) is 4.68 Å². The molecule has 1 N–H and O–H groups in total. The maximum absolute atomic E-state index is 13.6. The second-order valence-corrected chi connectivity index (χ2v) is 9.02. The molecule has 1 atom stereocenters. The van der Waals surface area contributed by atoms with Crippen LogP contribution < -0.4 is 0 Å². The average Bonchev–Trinajstić information content (AvgIpc) is 3.35. The molecule has 172 valence electrons. The lowest BCUT2D eigenvalue weighted by Gasteiger charge is -2.34. The first-order valence-corrected chi connectivity index (χ1v) is 11.8. The summed E-state index contributed by atoms with van der Waals surface area (Å²) in [4.78, 5) is 15.5. The van der Waals surface area contributed by atoms with E-state index >= 15 is 0 Å². The van der Waals surface area contributed by atoms with Crippen molar-refractivity contribution < 1.29 is 9.90 Å². The first-order chi connectivity index (χ1) is 16.6. The number of carbonyl (C=O) groups is 1. The predicted octanol–water partition coefficient (Wildman–Crippen LogP) is 5.43. The van der Waals surface area contributed by atoms with E-state index in [2.05, 4.69) is 6.92 Å². The van der Waals surface area contributed by atoms with Gasteiger partial charge in [0.05, 0.1) is 17.4 Å². The third-order valence-corrected chi connectivity index (χ3v) is 6.70. The lowest BCUT2D eigenvalue weighted by atomic mass is 9.87. The van der Waals surface area contributed by atoms with E-state index in [4.69, 9.17) is 5.10 Å². The van der Waals surface area contributed by atoms with Crippen LogP contribution in [0.25, 0.3) is 16.9 Å². The van der Waals surface area contributed by atoms with Gasteiger partial charge in [0.15, 0.2) is 0 Å². The van der Waals surface area contributed by atoms with E-state index in [0.29, 0.717) is 24.3 Å². The lowest BCUT2D eigenvalue weighted by molar-refractivity contribution is 0.0463. The molecule has 5 nitrogen and oxygen atoms in total. The van der Waals surface area contributed by atoms with Gasteiger partial charge in [-0.3, -0.25) is 4.79 Å². The molecule has 5 rings (SSSR count). The minimum Gasteiger partial charge on any atom is -0.388 e. The van der Waals surface area contributed by atoms with Crippen LogP contribution in [-0.2, 0) is 0 Å². The number of piperidine rings is 1. The Morgan fingerprint density at radius 1 is 0.912 bits per heavy atom. The van der Waals surface area contributed by atoms with E-state index in [1.165, 1.54) is 5.56 Å². The number of likely N-dealkylation sites (tertiary alicyclic amines) is 1. The van der Waals surface area contributed by atoms with E-state index in [-0.39, 0.29) is 11.8 Å². The van der Waals surface area contributed by atoms with Crippen molar-refractivity contribution >= 4 is 5.91 Å². The summed E-state index contributed by atoms with van der Waals surface area (Å²) in [5.74, 6) is 0.139. The molecule has 1 saturated heterocycles. The maximum atomic E-state index is 13.6. The summed E-state index contributed by atoms with van der Waals surface area (Å²) in [6.45, 7) is 3.30. The summed E-state index contributed by atoms with van der Waals surface area (Å²) in [7, 11) is 0. The first kappa shape index (κ1) is 22.1. The Hall–Kier alpha value is -3.70. The minimum atomic E-state index is -0.498. The number of aliphatic hydroxyl groups is 1. The van der Waals surface area contributed by atoms with Gasteiger partial charge < -0.3 is 10.0 Å². The van der Waals surface area contributed by atoms with Crippen molar-refractivity contribution in [2.45, 2.75) is 25.9 Å². The molecule has 0 bridgehead atoms. The summed E-state index contributed by atoms with van der Waals surface area (Å²) < 4.78 is 1.79. The van der Waals surface area contributed by atoms with Crippen molar-refractivity contribution in [2.24, 2.45) is 5.92 Å². The molecule has 5 heteroatoms. The molecule has 1 aliphatic rings. The third-order valence-electron chi connectivity index (χ3n) is 6.70. The molecule has 1 aromatic heterocycles. The van der Waals surface area contributed by atoms with Crippen LogP contribution >= 0.6 is 0 Å². The van der Waals surface area contributed by atoms with Gasteiger partial charge in [-0.05, 0) is 43.4 Å². The number of rotatable bonds is 5. The number of hydrogen-bond donors (Lipinski definition) is 1. The number of hydrogen-bond acceptors (Lipinski definition) is 3. The Balaban J connectivity index is 1.38. The fraction of sp³-hybridized carbons (Fsp3) is 0.241. The topological polar surface area (TPSA) is 58.4 Å². The highest BCUT2D eigenvalue weighted by Gasteiger charge is 2.30. The van der Waals surface area contributed by atoms with Gasteiger partial charge in [-0.2, -0.15) is 5.10 Å². The SMILES string of the molecule is Cc1ccc(-n2cc(C(=O)N3CCC(C(O)c4ccccc4)CC3)c(-c3ccccc3)n2)cc1. The summed E-state index contributed by atoms with van der Waals surface area (Å²) >= 11 is 0. The van der Waals surface area contributed by atoms with Crippen molar-refractivity contribution in [3.63, 3.8) is 0 Å². The fourth-order valence-electron chi connectivity index (χ4n) is 4.68. The molecule has 2 heterocycles. The normalized spacial score (nSPS) is 15.3. The number of carbonyl (C=O) groups excluding carboxylic acids is 1. The van der Waals surface area contributed by atoms with Crippen LogP contribution in [0.3, 0.4) is 0 Å². The molecule has 1 aliphatic heterocycles. The van der Waals surface area contributed by atoms with Crippen LogP contribution in [0.1, 0.15) is 40.4 Å². The van der Waals surface area contributed by atoms with Crippen LogP contribution in [0.5, 0.6) is 0 Å². The zero-order chi connectivity index (χ0) is 23.5. The molecule has 1 fully saturated rings. The second kappa shape index (κ2) is 9.65. The zero-order valence-electron chi connectivity index (χ0n) is 19.3. The molecule has 0 spiro atoms. The van der Waals surface area contributed by atoms with Crippen molar-refractivity contribution in [2.75, 3.05) is 13.1 Å². The Bertz CT molecular complexity index is 1240. The third kappa shape index (κ3) is 4.52. The minimum absolute atomic E-state index is 0.00938. The Morgan fingerprint density at radius 3 is 2.18 bits per heavy atom. The molecular weight excluding hydrogens is 422 g/mol. The van der Waals surface area contributed by atoms with Crippen molar-refractivity contribution in [1.82, 2.24) is 14.7 Å². The van der Waals surface area contributed by atoms with Gasteiger partial charge in [0.25, 0.3) is 5.91 Å². The zero-order valence-corrected chi connectivity index (χ0v) is 19.3. The molecule has 3 aromatic carbocycles. The number of aryl methyl sites for hydroxylation is 1. The molecule has 34 heavy (non-hydrogen) atoms. The summed E-state index contributed by atoms with van der Waals surface area (Å²) in [5, 5.41) is 15.6. The molecule has 1 amide bonds. The van der Waals surface area contributed by atoms with Gasteiger partial charge in [-0.15, -0.1) is 0 Å². The summed E-state index contributed by atoms with van der Waals surface area (Å²) in [5.41, 5.74) is 5.26. The van der Waals surface area contributed by atoms with E-state index in [9.17, 15) is 9.90 Å². The van der Waals surface area contributed by atoms with Gasteiger partial charge in [0.2, 0.25) is 0 Å². The molecule has 1 unspecified atom stereocenters. The van der Waals surface area contributed by atoms with Crippen LogP contribution in [0, 0.1) is 12.8 Å². The Kier molecular flexibility index (Phi) is 6.28. The van der Waals surface area contributed by atoms with Crippen LogP contribution in [-0.4, -0.2) is 38.8 Å². The average molecular weight is 452 g/mol. The van der Waals surface area contributed by atoms with Gasteiger partial charge in [0, 0.05) is 24.8 Å². The highest BCUT2D eigenvalue weighted by atomic mass is 16.3. The van der Waals surface area contributed by atoms with Gasteiger partial charge in [0.1, 0.15) is 5.69 Å². The van der Waals surface area contributed by atoms with Crippen molar-refractivity contribution in [1.29, 1.82) is 0 Å². The number of amides is 1. The highest BCUT2D eigenvalue weighted by Crippen LogP contribution is 2.32. The van der Waals surface area contributed by atoms with Crippen LogP contribution in [0.4, 0.5) is 0 Å². The monoisotopic (exact) mass is 451 g/mol. The van der Waals surface area contributed by atoms with E-state index < -0.39 is 6.10 Å². The molecular formula is C29H29N3O2. The largest absolute Gasteiger partial charge is 0.388 e. The fourth-order valence-corrected chi connectivity index (χ4v) is 4.68. The number of aliphatic hydroxyl groups excluding tert-OH is 1. The standard InChI is InChI=1S/C29H29N3O2/c1-21-12-14-25(15-13-21)32-20-26(27(30-32)22-8-4-2-5-9-22)29(34)31-18-16-24(17-19-31)28(33)23-10-6-3-7-11-23/h2-15,20,24,28,33H,16-19H2,1H3. The van der Waals surface area contributed by atoms with Crippen LogP contribution in [0.15, 0.2) is 91.1 Å². The molecule has 0 saturated carbocycles. The maximum Gasteiger partial charge on any atom is 0.257 e. The van der Waals surface area contributed by atoms with Gasteiger partial charge >= 0.3 is 0 Å².